The van der Waals surface area contributed by atoms with Crippen molar-refractivity contribution in [2.45, 2.75) is 22.1 Å². The number of allylic oxidation sites excluding steroid dienone is 2. The maximum atomic E-state index is 13.5. The Bertz CT molecular complexity index is 2760. The van der Waals surface area contributed by atoms with Gasteiger partial charge in [-0.15, -0.1) is 0 Å². The second-order valence-electron chi connectivity index (χ2n) is 12.4. The summed E-state index contributed by atoms with van der Waals surface area (Å²) in [5.74, 6) is -0.615. The molecule has 10 nitrogen and oxygen atoms in total. The fourth-order valence-corrected chi connectivity index (χ4v) is 8.76. The highest BCUT2D eigenvalue weighted by Crippen LogP contribution is 2.41. The van der Waals surface area contributed by atoms with Crippen molar-refractivity contribution >= 4 is 48.6 Å². The molecule has 1 N–H and O–H groups in total. The molecule has 0 spiro atoms. The first-order valence-electron chi connectivity index (χ1n) is 16.1. The molecule has 0 aliphatic heterocycles. The van der Waals surface area contributed by atoms with E-state index in [0.717, 1.165) is 16.7 Å². The first kappa shape index (κ1) is 34.9. The van der Waals surface area contributed by atoms with Crippen molar-refractivity contribution in [3.05, 3.63) is 178 Å². The number of hydrogen-bond donors (Lipinski definition) is 1. The molecule has 1 unspecified atom stereocenters. The minimum absolute atomic E-state index is 0.0466. The number of phenolic OH excluding ortho intramolecular Hbond substituents is 1. The average Bonchev–Trinajstić information content (AvgIpc) is 3.16. The number of hydrogen-bond acceptors (Lipinski definition) is 9. The molecule has 0 saturated heterocycles. The molecular formula is C41H29N2O8S2+. The van der Waals surface area contributed by atoms with Gasteiger partial charge in [-0.1, -0.05) is 97.6 Å². The van der Waals surface area contributed by atoms with Gasteiger partial charge < -0.3 is 13.5 Å². The highest BCUT2D eigenvalue weighted by atomic mass is 32.2. The lowest BCUT2D eigenvalue weighted by atomic mass is 9.71. The van der Waals surface area contributed by atoms with E-state index in [1.807, 2.05) is 37.3 Å². The maximum Gasteiger partial charge on any atom is 0.426 e. The summed E-state index contributed by atoms with van der Waals surface area (Å²) in [5.41, 5.74) is 2.28. The van der Waals surface area contributed by atoms with Crippen LogP contribution in [0.1, 0.15) is 39.5 Å². The number of aromatic hydroxyl groups is 1. The zero-order chi connectivity index (χ0) is 37.5. The van der Waals surface area contributed by atoms with E-state index in [4.69, 9.17) is 13.8 Å². The van der Waals surface area contributed by atoms with Gasteiger partial charge in [-0.25, -0.2) is 0 Å². The Morgan fingerprint density at radius 3 is 1.79 bits per heavy atom. The second kappa shape index (κ2) is 13.2. The van der Waals surface area contributed by atoms with Crippen LogP contribution in [0.15, 0.2) is 155 Å². The Morgan fingerprint density at radius 1 is 0.642 bits per heavy atom. The van der Waals surface area contributed by atoms with Gasteiger partial charge in [-0.05, 0) is 66.1 Å². The minimum atomic E-state index is -4.37. The molecule has 0 bridgehead atoms. The van der Waals surface area contributed by atoms with E-state index >= 15 is 0 Å². The molecule has 7 rings (SSSR count). The number of diazo groups is 1. The number of fused-ring (bicyclic) bond motifs is 2. The van der Waals surface area contributed by atoms with E-state index < -0.39 is 25.7 Å². The third kappa shape index (κ3) is 6.22. The molecule has 1 aliphatic carbocycles. The lowest BCUT2D eigenvalue weighted by Gasteiger charge is -2.32. The van der Waals surface area contributed by atoms with E-state index in [-0.39, 0.29) is 66.0 Å². The third-order valence-electron chi connectivity index (χ3n) is 9.30. The van der Waals surface area contributed by atoms with E-state index in [1.54, 1.807) is 54.6 Å². The fourth-order valence-electron chi connectivity index (χ4n) is 6.47. The number of nitrogens with zero attached hydrogens (tertiary/aromatic N) is 2. The van der Waals surface area contributed by atoms with E-state index in [1.165, 1.54) is 54.6 Å². The number of rotatable bonds is 9. The van der Waals surface area contributed by atoms with Crippen molar-refractivity contribution in [2.75, 3.05) is 0 Å². The van der Waals surface area contributed by atoms with E-state index in [9.17, 15) is 26.7 Å². The zero-order valence-electron chi connectivity index (χ0n) is 28.0. The molecule has 12 heteroatoms. The normalized spacial score (nSPS) is 13.9. The quantitative estimate of drug-likeness (QED) is 0.0664. The van der Waals surface area contributed by atoms with Crippen LogP contribution in [0.5, 0.6) is 17.2 Å². The van der Waals surface area contributed by atoms with E-state index in [0.29, 0.717) is 0 Å². The van der Waals surface area contributed by atoms with Crippen molar-refractivity contribution in [3.63, 3.8) is 0 Å². The summed E-state index contributed by atoms with van der Waals surface area (Å²) < 4.78 is 64.9. The molecule has 0 fully saturated rings. The second-order valence-corrected chi connectivity index (χ2v) is 15.4. The molecule has 0 heterocycles. The highest BCUT2D eigenvalue weighted by molar-refractivity contribution is 7.87. The van der Waals surface area contributed by atoms with Gasteiger partial charge >= 0.3 is 25.9 Å². The number of carbonyl (C=O) groups is 1. The molecule has 53 heavy (non-hydrogen) atoms. The van der Waals surface area contributed by atoms with E-state index in [2.05, 4.69) is 11.6 Å². The van der Waals surface area contributed by atoms with Crippen molar-refractivity contribution in [2.24, 2.45) is 0 Å². The smallest absolute Gasteiger partial charge is 0.426 e. The zero-order valence-corrected chi connectivity index (χ0v) is 29.6. The van der Waals surface area contributed by atoms with Crippen LogP contribution in [0.4, 0.5) is 5.69 Å². The summed E-state index contributed by atoms with van der Waals surface area (Å²) in [6, 6.07) is 34.2. The van der Waals surface area contributed by atoms with Crippen LogP contribution in [0, 0.1) is 5.39 Å². The molecule has 0 aromatic heterocycles. The van der Waals surface area contributed by atoms with Gasteiger partial charge in [0.1, 0.15) is 21.3 Å². The average molecular weight is 742 g/mol. The minimum Gasteiger partial charge on any atom is -0.501 e. The van der Waals surface area contributed by atoms with Crippen molar-refractivity contribution < 1.29 is 35.1 Å². The molecule has 1 atom stereocenters. The van der Waals surface area contributed by atoms with Crippen LogP contribution >= 0.6 is 0 Å². The number of phenols is 1. The molecule has 6 aromatic rings. The third-order valence-corrected chi connectivity index (χ3v) is 11.9. The Hall–Kier alpha value is -6.55. The van der Waals surface area contributed by atoms with Gasteiger partial charge in [0.2, 0.25) is 11.1 Å². The molecular weight excluding hydrogens is 713 g/mol. The first-order valence-corrected chi connectivity index (χ1v) is 19.0. The van der Waals surface area contributed by atoms with Crippen molar-refractivity contribution in [3.8, 4) is 17.2 Å². The van der Waals surface area contributed by atoms with Crippen LogP contribution in [-0.4, -0.2) is 27.7 Å². The molecule has 1 aliphatic rings. The van der Waals surface area contributed by atoms with Crippen molar-refractivity contribution in [1.82, 2.24) is 0 Å². The summed E-state index contributed by atoms with van der Waals surface area (Å²) in [6.45, 7) is 5.70. The van der Waals surface area contributed by atoms with Gasteiger partial charge in [0, 0.05) is 39.0 Å². The largest absolute Gasteiger partial charge is 0.501 e. The van der Waals surface area contributed by atoms with Gasteiger partial charge in [-0.3, -0.25) is 4.79 Å². The van der Waals surface area contributed by atoms with Crippen LogP contribution in [0.2, 0.25) is 0 Å². The Balaban J connectivity index is 1.18. The predicted molar refractivity (Wildman–Crippen MR) is 200 cm³/mol. The fraction of sp³-hybridized carbons (Fsp3) is 0.0488. The molecule has 0 amide bonds. The maximum absolute atomic E-state index is 13.5. The van der Waals surface area contributed by atoms with Crippen LogP contribution in [0.25, 0.3) is 21.8 Å². The van der Waals surface area contributed by atoms with Gasteiger partial charge in [0.05, 0.1) is 0 Å². The summed E-state index contributed by atoms with van der Waals surface area (Å²) >= 11 is 0. The monoisotopic (exact) mass is 741 g/mol. The summed E-state index contributed by atoms with van der Waals surface area (Å²) in [4.78, 5) is 15.3. The number of Topliss-reactive ketones (excluding diaryl/α,β-unsaturated/α-hetero) is 1. The predicted octanol–water partition coefficient (Wildman–Crippen LogP) is 8.69. The first-order chi connectivity index (χ1) is 25.3. The molecule has 0 radical (unpaired) electrons. The van der Waals surface area contributed by atoms with Gasteiger partial charge in [0.25, 0.3) is 0 Å². The summed E-state index contributed by atoms with van der Waals surface area (Å²) in [6.07, 6.45) is 3.01. The Labute approximate surface area is 305 Å². The Morgan fingerprint density at radius 2 is 1.19 bits per heavy atom. The lowest BCUT2D eigenvalue weighted by Crippen LogP contribution is -2.25. The number of carbonyl (C=O) groups excluding carboxylic acids is 1. The van der Waals surface area contributed by atoms with Gasteiger partial charge in [0.15, 0.2) is 10.8 Å². The highest BCUT2D eigenvalue weighted by Gasteiger charge is 2.33. The molecule has 262 valence electrons. The Kier molecular flexibility index (Phi) is 8.69. The van der Waals surface area contributed by atoms with Crippen molar-refractivity contribution in [1.29, 1.82) is 5.39 Å². The standard InChI is InChI=1S/C41H28N2O8S2/c1-26-14-23-32-34(39(26)44)10-6-12-37(32)52(46,47)50-30-19-15-28(16-20-30)41(2,27-8-4-3-5-9-27)29-17-21-31(22-18-29)51-53(48,49)38-13-7-11-35-33(38)24-25-36(43-42)40(35)45/h3-25H,1H2,2H3/p+1. The lowest BCUT2D eigenvalue weighted by molar-refractivity contribution is 0.103. The summed E-state index contributed by atoms with van der Waals surface area (Å²) in [5, 5.41) is 20.0. The number of benzene rings is 6. The van der Waals surface area contributed by atoms with Crippen LogP contribution in [0.3, 0.4) is 0 Å². The van der Waals surface area contributed by atoms with Gasteiger partial charge in [-0.2, -0.15) is 16.8 Å². The van der Waals surface area contributed by atoms with Crippen LogP contribution < -0.4 is 8.37 Å². The number of ketones is 1. The SMILES string of the molecule is C=C1C=Cc2c(cccc2S(=O)(=O)Oc2ccc(C(C)(c3ccccc3)c3ccc(OS(=O)(=O)c4cccc5c(O)c([N+]#N)ccc45)cc3)cc2)C1=O. The van der Waals surface area contributed by atoms with Crippen LogP contribution in [-0.2, 0) is 25.7 Å². The molecule has 6 aromatic carbocycles. The topological polar surface area (TPSA) is 152 Å². The summed E-state index contributed by atoms with van der Waals surface area (Å²) in [7, 11) is -8.70. The molecule has 0 saturated carbocycles.